The summed E-state index contributed by atoms with van der Waals surface area (Å²) < 4.78 is 1.74. The molecule has 2 aromatic rings. The fraction of sp³-hybridized carbons (Fsp3) is 0.412. The van der Waals surface area contributed by atoms with Crippen LogP contribution in [0.3, 0.4) is 0 Å². The van der Waals surface area contributed by atoms with E-state index in [0.29, 0.717) is 18.7 Å². The van der Waals surface area contributed by atoms with E-state index in [0.717, 1.165) is 11.4 Å². The predicted molar refractivity (Wildman–Crippen MR) is 95.3 cm³/mol. The zero-order valence-corrected chi connectivity index (χ0v) is 14.9. The first-order chi connectivity index (χ1) is 10.3. The SMILES string of the molecule is Cc1nn(-c2ccccc2)cc1C(=O)N(C)CC(C)(C)CN.Cl. The molecule has 0 atom stereocenters. The van der Waals surface area contributed by atoms with Gasteiger partial charge in [-0.2, -0.15) is 5.10 Å². The molecule has 0 aliphatic heterocycles. The maximum absolute atomic E-state index is 12.6. The fourth-order valence-corrected chi connectivity index (χ4v) is 2.37. The lowest BCUT2D eigenvalue weighted by atomic mass is 9.93. The van der Waals surface area contributed by atoms with Gasteiger partial charge in [0, 0.05) is 19.8 Å². The highest BCUT2D eigenvalue weighted by atomic mass is 35.5. The van der Waals surface area contributed by atoms with Crippen molar-refractivity contribution < 1.29 is 4.79 Å². The third kappa shape index (κ3) is 4.56. The second-order valence-corrected chi connectivity index (χ2v) is 6.44. The summed E-state index contributed by atoms with van der Waals surface area (Å²) in [5, 5.41) is 4.45. The van der Waals surface area contributed by atoms with Gasteiger partial charge in [-0.05, 0) is 31.0 Å². The van der Waals surface area contributed by atoms with Crippen molar-refractivity contribution >= 4 is 18.3 Å². The Morgan fingerprint density at radius 1 is 1.30 bits per heavy atom. The van der Waals surface area contributed by atoms with Crippen LogP contribution in [0.5, 0.6) is 0 Å². The molecule has 126 valence electrons. The molecule has 0 fully saturated rings. The van der Waals surface area contributed by atoms with Crippen LogP contribution in [-0.2, 0) is 0 Å². The van der Waals surface area contributed by atoms with E-state index in [1.165, 1.54) is 0 Å². The molecule has 0 bridgehead atoms. The van der Waals surface area contributed by atoms with E-state index in [1.807, 2.05) is 37.3 Å². The first-order valence-corrected chi connectivity index (χ1v) is 7.41. The summed E-state index contributed by atoms with van der Waals surface area (Å²) in [6, 6.07) is 9.77. The maximum atomic E-state index is 12.6. The highest BCUT2D eigenvalue weighted by Gasteiger charge is 2.24. The molecule has 0 aliphatic rings. The predicted octanol–water partition coefficient (Wildman–Crippen LogP) is 2.66. The number of carbonyl (C=O) groups excluding carboxylic acids is 1. The van der Waals surface area contributed by atoms with Crippen LogP contribution in [0.15, 0.2) is 36.5 Å². The van der Waals surface area contributed by atoms with Crippen LogP contribution in [0.1, 0.15) is 29.9 Å². The second kappa shape index (κ2) is 7.62. The van der Waals surface area contributed by atoms with E-state index in [2.05, 4.69) is 18.9 Å². The van der Waals surface area contributed by atoms with Gasteiger partial charge in [0.15, 0.2) is 0 Å². The molecule has 1 amide bonds. The molecule has 2 N–H and O–H groups in total. The molecular formula is C17H25ClN4O. The number of rotatable bonds is 5. The molecule has 0 spiro atoms. The number of amides is 1. The summed E-state index contributed by atoms with van der Waals surface area (Å²) in [7, 11) is 1.80. The molecule has 2 rings (SSSR count). The molecule has 0 unspecified atom stereocenters. The molecule has 5 nitrogen and oxygen atoms in total. The monoisotopic (exact) mass is 336 g/mol. The van der Waals surface area contributed by atoms with Crippen molar-refractivity contribution in [3.8, 4) is 5.69 Å². The minimum Gasteiger partial charge on any atom is -0.341 e. The first kappa shape index (κ1) is 19.2. The Bertz CT molecular complexity index is 652. The van der Waals surface area contributed by atoms with Gasteiger partial charge in [0.1, 0.15) is 0 Å². The summed E-state index contributed by atoms with van der Waals surface area (Å²) in [6.45, 7) is 7.10. The van der Waals surface area contributed by atoms with Crippen LogP contribution < -0.4 is 5.73 Å². The summed E-state index contributed by atoms with van der Waals surface area (Å²) in [4.78, 5) is 14.4. The lowest BCUT2D eigenvalue weighted by Gasteiger charge is -2.28. The zero-order chi connectivity index (χ0) is 16.3. The van der Waals surface area contributed by atoms with E-state index >= 15 is 0 Å². The molecular weight excluding hydrogens is 312 g/mol. The normalized spacial score (nSPS) is 11.0. The molecule has 6 heteroatoms. The van der Waals surface area contributed by atoms with Gasteiger partial charge in [-0.1, -0.05) is 32.0 Å². The number of nitrogens with zero attached hydrogens (tertiary/aromatic N) is 3. The van der Waals surface area contributed by atoms with E-state index in [4.69, 9.17) is 5.73 Å². The standard InChI is InChI=1S/C17H24N4O.ClH/c1-13-15(16(22)20(4)12-17(2,3)11-18)10-21(19-13)14-8-6-5-7-9-14;/h5-10H,11-12,18H2,1-4H3;1H. The Labute approximate surface area is 143 Å². The number of carbonyl (C=O) groups is 1. The quantitative estimate of drug-likeness (QED) is 0.913. The van der Waals surface area contributed by atoms with Crippen molar-refractivity contribution in [2.75, 3.05) is 20.1 Å². The lowest BCUT2D eigenvalue weighted by Crippen LogP contribution is -2.39. The molecule has 0 aliphatic carbocycles. The van der Waals surface area contributed by atoms with E-state index in [-0.39, 0.29) is 23.7 Å². The van der Waals surface area contributed by atoms with Crippen LogP contribution in [0, 0.1) is 12.3 Å². The highest BCUT2D eigenvalue weighted by molar-refractivity contribution is 5.95. The Morgan fingerprint density at radius 3 is 2.48 bits per heavy atom. The van der Waals surface area contributed by atoms with Crippen molar-refractivity contribution in [3.05, 3.63) is 47.8 Å². The summed E-state index contributed by atoms with van der Waals surface area (Å²) in [5.41, 5.74) is 7.94. The van der Waals surface area contributed by atoms with Crippen molar-refractivity contribution in [1.82, 2.24) is 14.7 Å². The van der Waals surface area contributed by atoms with Gasteiger partial charge < -0.3 is 10.6 Å². The molecule has 0 radical (unpaired) electrons. The first-order valence-electron chi connectivity index (χ1n) is 7.41. The van der Waals surface area contributed by atoms with Crippen molar-refractivity contribution in [3.63, 3.8) is 0 Å². The van der Waals surface area contributed by atoms with Crippen LogP contribution in [0.25, 0.3) is 5.69 Å². The van der Waals surface area contributed by atoms with Crippen LogP contribution >= 0.6 is 12.4 Å². The van der Waals surface area contributed by atoms with Gasteiger partial charge in [-0.3, -0.25) is 4.79 Å². The minimum atomic E-state index is -0.103. The Morgan fingerprint density at radius 2 is 1.91 bits per heavy atom. The summed E-state index contributed by atoms with van der Waals surface area (Å²) >= 11 is 0. The van der Waals surface area contributed by atoms with Gasteiger partial charge in [0.05, 0.1) is 16.9 Å². The van der Waals surface area contributed by atoms with Gasteiger partial charge in [0.2, 0.25) is 0 Å². The van der Waals surface area contributed by atoms with Gasteiger partial charge in [0.25, 0.3) is 5.91 Å². The van der Waals surface area contributed by atoms with E-state index in [9.17, 15) is 4.79 Å². The largest absolute Gasteiger partial charge is 0.341 e. The minimum absolute atomic E-state index is 0. The number of halogens is 1. The Balaban J connectivity index is 0.00000264. The smallest absolute Gasteiger partial charge is 0.257 e. The molecule has 1 heterocycles. The van der Waals surface area contributed by atoms with Crippen LogP contribution in [0.4, 0.5) is 0 Å². The van der Waals surface area contributed by atoms with Crippen molar-refractivity contribution in [1.29, 1.82) is 0 Å². The van der Waals surface area contributed by atoms with E-state index in [1.54, 1.807) is 22.8 Å². The molecule has 0 saturated carbocycles. The number of para-hydroxylation sites is 1. The molecule has 1 aromatic heterocycles. The van der Waals surface area contributed by atoms with Crippen molar-refractivity contribution in [2.24, 2.45) is 11.1 Å². The van der Waals surface area contributed by atoms with Gasteiger partial charge in [-0.15, -0.1) is 12.4 Å². The molecule has 23 heavy (non-hydrogen) atoms. The van der Waals surface area contributed by atoms with Crippen LogP contribution in [-0.4, -0.2) is 40.7 Å². The number of hydrogen-bond donors (Lipinski definition) is 1. The van der Waals surface area contributed by atoms with Gasteiger partial charge in [-0.25, -0.2) is 4.68 Å². The average Bonchev–Trinajstić information content (AvgIpc) is 2.89. The van der Waals surface area contributed by atoms with Crippen LogP contribution in [0.2, 0.25) is 0 Å². The number of aryl methyl sites for hydroxylation is 1. The number of hydrogen-bond acceptors (Lipinski definition) is 3. The maximum Gasteiger partial charge on any atom is 0.257 e. The third-order valence-electron chi connectivity index (χ3n) is 3.71. The topological polar surface area (TPSA) is 64.2 Å². The third-order valence-corrected chi connectivity index (χ3v) is 3.71. The Kier molecular flexibility index (Phi) is 6.36. The molecule has 1 aromatic carbocycles. The highest BCUT2D eigenvalue weighted by Crippen LogP contribution is 2.18. The molecule has 0 saturated heterocycles. The average molecular weight is 337 g/mol. The van der Waals surface area contributed by atoms with Gasteiger partial charge >= 0.3 is 0 Å². The second-order valence-electron chi connectivity index (χ2n) is 6.44. The van der Waals surface area contributed by atoms with E-state index < -0.39 is 0 Å². The number of benzene rings is 1. The fourth-order valence-electron chi connectivity index (χ4n) is 2.37. The number of aromatic nitrogens is 2. The zero-order valence-electron chi connectivity index (χ0n) is 14.1. The summed E-state index contributed by atoms with van der Waals surface area (Å²) in [6.07, 6.45) is 1.79. The number of nitrogens with two attached hydrogens (primary N) is 1. The summed E-state index contributed by atoms with van der Waals surface area (Å²) in [5.74, 6) is -0.0267. The van der Waals surface area contributed by atoms with Crippen molar-refractivity contribution in [2.45, 2.75) is 20.8 Å². The Hall–Kier alpha value is -1.85. The lowest BCUT2D eigenvalue weighted by molar-refractivity contribution is 0.0740.